The highest BCUT2D eigenvalue weighted by Crippen LogP contribution is 2.20. The number of benzene rings is 1. The number of hydrogen-bond acceptors (Lipinski definition) is 4. The number of rotatable bonds is 3. The molecule has 2 rings (SSSR count). The smallest absolute Gasteiger partial charge is 0.271 e. The zero-order chi connectivity index (χ0) is 13.8. The lowest BCUT2D eigenvalue weighted by atomic mass is 10.2. The molecule has 0 fully saturated rings. The zero-order valence-electron chi connectivity index (χ0n) is 10.0. The standard InChI is InChI=1S/C12H11ClN4O2/c1-7(18)16-8-2-4-9(5-3-8)17-11-10(13)12(19)15-6-14-11/h2-6H,1H3,(H,16,18)(H2,14,15,17,19). The molecular formula is C12H11ClN4O2. The van der Waals surface area contributed by atoms with Gasteiger partial charge in [0.1, 0.15) is 5.02 Å². The highest BCUT2D eigenvalue weighted by atomic mass is 35.5. The third-order valence-electron chi connectivity index (χ3n) is 2.26. The number of anilines is 3. The Morgan fingerprint density at radius 2 is 1.89 bits per heavy atom. The molecule has 0 bridgehead atoms. The van der Waals surface area contributed by atoms with Crippen LogP contribution in [0.5, 0.6) is 0 Å². The van der Waals surface area contributed by atoms with E-state index >= 15 is 0 Å². The molecule has 0 spiro atoms. The highest BCUT2D eigenvalue weighted by Gasteiger charge is 2.05. The first kappa shape index (κ1) is 13.1. The van der Waals surface area contributed by atoms with Crippen LogP contribution in [0.3, 0.4) is 0 Å². The van der Waals surface area contributed by atoms with Crippen LogP contribution in [0.25, 0.3) is 0 Å². The van der Waals surface area contributed by atoms with Gasteiger partial charge < -0.3 is 15.6 Å². The molecule has 0 saturated heterocycles. The first-order valence-corrected chi connectivity index (χ1v) is 5.82. The number of hydrogen-bond donors (Lipinski definition) is 3. The van der Waals surface area contributed by atoms with Gasteiger partial charge in [-0.25, -0.2) is 4.98 Å². The van der Waals surface area contributed by atoms with Gasteiger partial charge >= 0.3 is 0 Å². The van der Waals surface area contributed by atoms with E-state index in [1.54, 1.807) is 24.3 Å². The Balaban J connectivity index is 2.17. The van der Waals surface area contributed by atoms with E-state index in [-0.39, 0.29) is 16.7 Å². The number of carbonyl (C=O) groups excluding carboxylic acids is 1. The number of H-pyrrole nitrogens is 1. The van der Waals surface area contributed by atoms with Crippen LogP contribution in [-0.2, 0) is 4.79 Å². The van der Waals surface area contributed by atoms with Crippen molar-refractivity contribution in [1.29, 1.82) is 0 Å². The molecule has 6 nitrogen and oxygen atoms in total. The number of halogens is 1. The maximum Gasteiger partial charge on any atom is 0.271 e. The second-order valence-corrected chi connectivity index (χ2v) is 4.16. The fraction of sp³-hybridized carbons (Fsp3) is 0.0833. The predicted molar refractivity (Wildman–Crippen MR) is 73.9 cm³/mol. The number of nitrogens with one attached hydrogen (secondary N) is 3. The van der Waals surface area contributed by atoms with Gasteiger partial charge in [0.2, 0.25) is 5.91 Å². The van der Waals surface area contributed by atoms with Crippen molar-refractivity contribution in [3.8, 4) is 0 Å². The van der Waals surface area contributed by atoms with Gasteiger partial charge in [0.05, 0.1) is 6.33 Å². The Morgan fingerprint density at radius 3 is 2.53 bits per heavy atom. The van der Waals surface area contributed by atoms with E-state index in [0.29, 0.717) is 11.4 Å². The molecule has 1 aromatic carbocycles. The summed E-state index contributed by atoms with van der Waals surface area (Å²) >= 11 is 5.82. The topological polar surface area (TPSA) is 86.9 Å². The van der Waals surface area contributed by atoms with Crippen molar-refractivity contribution < 1.29 is 4.79 Å². The first-order chi connectivity index (χ1) is 9.06. The highest BCUT2D eigenvalue weighted by molar-refractivity contribution is 6.32. The van der Waals surface area contributed by atoms with Gasteiger partial charge in [0.25, 0.3) is 5.56 Å². The van der Waals surface area contributed by atoms with Crippen molar-refractivity contribution in [3.05, 3.63) is 46.0 Å². The van der Waals surface area contributed by atoms with Crippen LogP contribution in [0.1, 0.15) is 6.92 Å². The van der Waals surface area contributed by atoms with Crippen molar-refractivity contribution in [3.63, 3.8) is 0 Å². The average Bonchev–Trinajstić information content (AvgIpc) is 2.37. The van der Waals surface area contributed by atoms with Crippen LogP contribution < -0.4 is 16.2 Å². The van der Waals surface area contributed by atoms with Gasteiger partial charge in [-0.2, -0.15) is 0 Å². The summed E-state index contributed by atoms with van der Waals surface area (Å²) in [6, 6.07) is 6.94. The van der Waals surface area contributed by atoms with E-state index in [1.807, 2.05) is 0 Å². The number of aromatic nitrogens is 2. The molecule has 1 heterocycles. The van der Waals surface area contributed by atoms with Gasteiger partial charge in [0, 0.05) is 18.3 Å². The van der Waals surface area contributed by atoms with Crippen molar-refractivity contribution in [2.45, 2.75) is 6.92 Å². The molecule has 0 radical (unpaired) electrons. The zero-order valence-corrected chi connectivity index (χ0v) is 10.8. The van der Waals surface area contributed by atoms with Crippen LogP contribution >= 0.6 is 11.6 Å². The monoisotopic (exact) mass is 278 g/mol. The lowest BCUT2D eigenvalue weighted by Gasteiger charge is -2.07. The molecule has 0 atom stereocenters. The van der Waals surface area contributed by atoms with E-state index in [9.17, 15) is 9.59 Å². The molecule has 3 N–H and O–H groups in total. The molecule has 0 aliphatic rings. The fourth-order valence-corrected chi connectivity index (χ4v) is 1.60. The summed E-state index contributed by atoms with van der Waals surface area (Å²) in [6.07, 6.45) is 1.27. The lowest BCUT2D eigenvalue weighted by molar-refractivity contribution is -0.114. The van der Waals surface area contributed by atoms with Gasteiger partial charge in [-0.3, -0.25) is 9.59 Å². The number of amides is 1. The summed E-state index contributed by atoms with van der Waals surface area (Å²) in [6.45, 7) is 1.44. The normalized spacial score (nSPS) is 10.0. The van der Waals surface area contributed by atoms with Crippen LogP contribution in [0, 0.1) is 0 Å². The van der Waals surface area contributed by atoms with E-state index in [0.717, 1.165) is 0 Å². The van der Waals surface area contributed by atoms with E-state index < -0.39 is 5.56 Å². The summed E-state index contributed by atoms with van der Waals surface area (Å²) in [5.41, 5.74) is 0.978. The molecule has 0 aliphatic heterocycles. The van der Waals surface area contributed by atoms with E-state index in [1.165, 1.54) is 13.3 Å². The van der Waals surface area contributed by atoms with Crippen molar-refractivity contribution in [2.24, 2.45) is 0 Å². The average molecular weight is 279 g/mol. The molecular weight excluding hydrogens is 268 g/mol. The molecule has 98 valence electrons. The minimum Gasteiger partial charge on any atom is -0.339 e. The van der Waals surface area contributed by atoms with Crippen LogP contribution in [0.4, 0.5) is 17.2 Å². The Labute approximate surface area is 113 Å². The van der Waals surface area contributed by atoms with Gasteiger partial charge in [-0.05, 0) is 24.3 Å². The van der Waals surface area contributed by atoms with Crippen LogP contribution in [0.2, 0.25) is 5.02 Å². The van der Waals surface area contributed by atoms with Gasteiger partial charge in [-0.15, -0.1) is 0 Å². The second kappa shape index (κ2) is 5.53. The van der Waals surface area contributed by atoms with Gasteiger partial charge in [0.15, 0.2) is 5.82 Å². The summed E-state index contributed by atoms with van der Waals surface area (Å²) in [5.74, 6) is 0.137. The van der Waals surface area contributed by atoms with Crippen molar-refractivity contribution in [1.82, 2.24) is 9.97 Å². The first-order valence-electron chi connectivity index (χ1n) is 5.44. The molecule has 1 amide bonds. The minimum atomic E-state index is -0.408. The van der Waals surface area contributed by atoms with Crippen molar-refractivity contribution >= 4 is 34.7 Å². The SMILES string of the molecule is CC(=O)Nc1ccc(Nc2nc[nH]c(=O)c2Cl)cc1. The predicted octanol–water partition coefficient (Wildman–Crippen LogP) is 2.13. The molecule has 19 heavy (non-hydrogen) atoms. The number of aromatic amines is 1. The third kappa shape index (κ3) is 3.32. The largest absolute Gasteiger partial charge is 0.339 e. The number of carbonyl (C=O) groups is 1. The summed E-state index contributed by atoms with van der Waals surface area (Å²) in [5, 5.41) is 5.56. The Morgan fingerprint density at radius 1 is 1.26 bits per heavy atom. The maximum absolute atomic E-state index is 11.3. The van der Waals surface area contributed by atoms with Crippen molar-refractivity contribution in [2.75, 3.05) is 10.6 Å². The molecule has 7 heteroatoms. The Hall–Kier alpha value is -2.34. The Kier molecular flexibility index (Phi) is 3.82. The van der Waals surface area contributed by atoms with E-state index in [4.69, 9.17) is 11.6 Å². The molecule has 2 aromatic rings. The van der Waals surface area contributed by atoms with E-state index in [2.05, 4.69) is 20.6 Å². The van der Waals surface area contributed by atoms with Gasteiger partial charge in [-0.1, -0.05) is 11.6 Å². The molecule has 1 aromatic heterocycles. The second-order valence-electron chi connectivity index (χ2n) is 3.78. The Bertz CT molecular complexity index is 652. The molecule has 0 aliphatic carbocycles. The number of nitrogens with zero attached hydrogens (tertiary/aromatic N) is 1. The third-order valence-corrected chi connectivity index (χ3v) is 2.62. The summed E-state index contributed by atoms with van der Waals surface area (Å²) < 4.78 is 0. The maximum atomic E-state index is 11.3. The molecule has 0 saturated carbocycles. The summed E-state index contributed by atoms with van der Waals surface area (Å²) in [4.78, 5) is 28.5. The fourth-order valence-electron chi connectivity index (χ4n) is 1.45. The summed E-state index contributed by atoms with van der Waals surface area (Å²) in [7, 11) is 0. The minimum absolute atomic E-state index is 0.00608. The lowest BCUT2D eigenvalue weighted by Crippen LogP contribution is -2.09. The molecule has 0 unspecified atom stereocenters. The quantitative estimate of drug-likeness (QED) is 0.803. The van der Waals surface area contributed by atoms with Crippen LogP contribution in [-0.4, -0.2) is 15.9 Å². The van der Waals surface area contributed by atoms with Crippen LogP contribution in [0.15, 0.2) is 35.4 Å².